The van der Waals surface area contributed by atoms with Gasteiger partial charge in [-0.05, 0) is 29.9 Å². The maximum Gasteiger partial charge on any atom is 0.317 e. The van der Waals surface area contributed by atoms with E-state index in [4.69, 9.17) is 0 Å². The van der Waals surface area contributed by atoms with Gasteiger partial charge in [-0.15, -0.1) is 0 Å². The van der Waals surface area contributed by atoms with Crippen LogP contribution in [0.4, 0.5) is 4.79 Å². The summed E-state index contributed by atoms with van der Waals surface area (Å²) in [5.74, 6) is 0.585. The maximum absolute atomic E-state index is 12.5. The highest BCUT2D eigenvalue weighted by molar-refractivity contribution is 5.82. The van der Waals surface area contributed by atoms with E-state index in [1.165, 1.54) is 11.1 Å². The minimum absolute atomic E-state index is 0.0307. The van der Waals surface area contributed by atoms with Crippen LogP contribution < -0.4 is 5.32 Å². The Kier molecular flexibility index (Phi) is 2.93. The SMILES string of the molecule is CN1C(=O)NCC12CN(C(=O)CC1CCc3ccccc31)C2. The zero-order chi connectivity index (χ0) is 15.3. The molecular formula is C17H21N3O2. The molecule has 2 saturated heterocycles. The first-order valence-corrected chi connectivity index (χ1v) is 7.96. The Hall–Kier alpha value is -2.04. The van der Waals surface area contributed by atoms with E-state index < -0.39 is 0 Å². The van der Waals surface area contributed by atoms with Crippen LogP contribution in [0.1, 0.15) is 29.9 Å². The Morgan fingerprint density at radius 1 is 1.36 bits per heavy atom. The molecule has 1 atom stereocenters. The molecule has 3 amide bonds. The Bertz CT molecular complexity index is 637. The van der Waals surface area contributed by atoms with E-state index in [1.54, 1.807) is 4.90 Å². The van der Waals surface area contributed by atoms with Crippen molar-refractivity contribution in [1.29, 1.82) is 0 Å². The summed E-state index contributed by atoms with van der Waals surface area (Å²) in [6.07, 6.45) is 2.75. The molecule has 5 heteroatoms. The van der Waals surface area contributed by atoms with Crippen molar-refractivity contribution in [1.82, 2.24) is 15.1 Å². The first kappa shape index (κ1) is 13.6. The van der Waals surface area contributed by atoms with Gasteiger partial charge < -0.3 is 15.1 Å². The minimum Gasteiger partial charge on any atom is -0.338 e. The van der Waals surface area contributed by atoms with Crippen molar-refractivity contribution in [3.63, 3.8) is 0 Å². The average molecular weight is 299 g/mol. The topological polar surface area (TPSA) is 52.7 Å². The molecule has 1 N–H and O–H groups in total. The molecule has 2 heterocycles. The lowest BCUT2D eigenvalue weighted by atomic mass is 9.88. The molecule has 0 radical (unpaired) electrons. The van der Waals surface area contributed by atoms with E-state index in [1.807, 2.05) is 11.9 Å². The number of aryl methyl sites for hydroxylation is 1. The molecule has 1 spiro atoms. The highest BCUT2D eigenvalue weighted by Crippen LogP contribution is 2.37. The Morgan fingerprint density at radius 2 is 2.14 bits per heavy atom. The van der Waals surface area contributed by atoms with Crippen molar-refractivity contribution >= 4 is 11.9 Å². The summed E-state index contributed by atoms with van der Waals surface area (Å²) in [4.78, 5) is 27.8. The highest BCUT2D eigenvalue weighted by atomic mass is 16.2. The van der Waals surface area contributed by atoms with Crippen molar-refractivity contribution in [3.8, 4) is 0 Å². The van der Waals surface area contributed by atoms with Gasteiger partial charge >= 0.3 is 6.03 Å². The Morgan fingerprint density at radius 3 is 2.86 bits per heavy atom. The summed E-state index contributed by atoms with van der Waals surface area (Å²) in [6.45, 7) is 1.98. The van der Waals surface area contributed by atoms with Gasteiger partial charge in [-0.2, -0.15) is 0 Å². The molecule has 0 aromatic heterocycles. The third-order valence-electron chi connectivity index (χ3n) is 5.59. The molecule has 116 valence electrons. The lowest BCUT2D eigenvalue weighted by Crippen LogP contribution is -2.70. The first-order chi connectivity index (χ1) is 10.6. The molecular weight excluding hydrogens is 278 g/mol. The van der Waals surface area contributed by atoms with Crippen LogP contribution in [0.15, 0.2) is 24.3 Å². The van der Waals surface area contributed by atoms with Crippen molar-refractivity contribution in [3.05, 3.63) is 35.4 Å². The van der Waals surface area contributed by atoms with Crippen molar-refractivity contribution in [2.75, 3.05) is 26.7 Å². The third-order valence-corrected chi connectivity index (χ3v) is 5.59. The highest BCUT2D eigenvalue weighted by Gasteiger charge is 2.53. The molecule has 4 rings (SSSR count). The number of fused-ring (bicyclic) bond motifs is 1. The van der Waals surface area contributed by atoms with Crippen molar-refractivity contribution in [2.24, 2.45) is 0 Å². The Balaban J connectivity index is 1.38. The molecule has 22 heavy (non-hydrogen) atoms. The number of amides is 3. The lowest BCUT2D eigenvalue weighted by molar-refractivity contribution is -0.142. The fourth-order valence-corrected chi connectivity index (χ4v) is 4.05. The normalized spacial score (nSPS) is 25.1. The third kappa shape index (κ3) is 1.91. The van der Waals surface area contributed by atoms with Gasteiger partial charge in [0, 0.05) is 33.1 Å². The van der Waals surface area contributed by atoms with E-state index in [-0.39, 0.29) is 17.5 Å². The summed E-state index contributed by atoms with van der Waals surface area (Å²) in [5.41, 5.74) is 2.58. The number of carbonyl (C=O) groups is 2. The predicted octanol–water partition coefficient (Wildman–Crippen LogP) is 1.34. The van der Waals surface area contributed by atoms with Gasteiger partial charge in [0.2, 0.25) is 5.91 Å². The molecule has 0 bridgehead atoms. The van der Waals surface area contributed by atoms with Gasteiger partial charge in [0.1, 0.15) is 0 Å². The van der Waals surface area contributed by atoms with Gasteiger partial charge in [-0.25, -0.2) is 4.79 Å². The second-order valence-electron chi connectivity index (χ2n) is 6.83. The number of benzene rings is 1. The second kappa shape index (κ2) is 4.73. The lowest BCUT2D eigenvalue weighted by Gasteiger charge is -2.50. The van der Waals surface area contributed by atoms with Crippen LogP contribution in [0.2, 0.25) is 0 Å². The molecule has 1 aliphatic carbocycles. The van der Waals surface area contributed by atoms with E-state index in [0.717, 1.165) is 12.8 Å². The number of likely N-dealkylation sites (tertiary alicyclic amines) is 1. The zero-order valence-corrected chi connectivity index (χ0v) is 12.8. The van der Waals surface area contributed by atoms with Crippen molar-refractivity contribution < 1.29 is 9.59 Å². The molecule has 1 unspecified atom stereocenters. The van der Waals surface area contributed by atoms with Gasteiger partial charge in [0.15, 0.2) is 0 Å². The monoisotopic (exact) mass is 299 g/mol. The van der Waals surface area contributed by atoms with Crippen molar-refractivity contribution in [2.45, 2.75) is 30.7 Å². The average Bonchev–Trinajstić information content (AvgIpc) is 3.01. The van der Waals surface area contributed by atoms with E-state index in [2.05, 4.69) is 29.6 Å². The Labute approximate surface area is 130 Å². The molecule has 5 nitrogen and oxygen atoms in total. The number of hydrogen-bond acceptors (Lipinski definition) is 2. The minimum atomic E-state index is -0.166. The number of likely N-dealkylation sites (N-methyl/N-ethyl adjacent to an activating group) is 1. The van der Waals surface area contributed by atoms with Crippen LogP contribution >= 0.6 is 0 Å². The zero-order valence-electron chi connectivity index (χ0n) is 12.8. The molecule has 1 aromatic carbocycles. The van der Waals surface area contributed by atoms with Gasteiger partial charge in [-0.1, -0.05) is 24.3 Å². The molecule has 3 aliphatic rings. The van der Waals surface area contributed by atoms with E-state index in [9.17, 15) is 9.59 Å². The summed E-state index contributed by atoms with van der Waals surface area (Å²) >= 11 is 0. The van der Waals surface area contributed by atoms with Crippen LogP contribution in [-0.4, -0.2) is 54.0 Å². The largest absolute Gasteiger partial charge is 0.338 e. The first-order valence-electron chi connectivity index (χ1n) is 7.96. The molecule has 2 fully saturated rings. The van der Waals surface area contributed by atoms with Gasteiger partial charge in [0.25, 0.3) is 0 Å². The van der Waals surface area contributed by atoms with Gasteiger partial charge in [-0.3, -0.25) is 4.79 Å². The predicted molar refractivity (Wildman–Crippen MR) is 82.6 cm³/mol. The van der Waals surface area contributed by atoms with Gasteiger partial charge in [0.05, 0.1) is 5.54 Å². The molecule has 2 aliphatic heterocycles. The maximum atomic E-state index is 12.5. The number of hydrogen-bond donors (Lipinski definition) is 1. The standard InChI is InChI=1S/C17H21N3O2/c1-19-16(22)18-9-17(19)10-20(11-17)15(21)8-13-7-6-12-4-2-3-5-14(12)13/h2-5,13H,6-11H2,1H3,(H,18,22). The number of rotatable bonds is 2. The smallest absolute Gasteiger partial charge is 0.317 e. The summed E-state index contributed by atoms with van der Waals surface area (Å²) in [7, 11) is 1.82. The van der Waals surface area contributed by atoms with Crippen LogP contribution in [0.5, 0.6) is 0 Å². The van der Waals surface area contributed by atoms with E-state index >= 15 is 0 Å². The second-order valence-corrected chi connectivity index (χ2v) is 6.83. The summed E-state index contributed by atoms with van der Waals surface area (Å²) in [6, 6.07) is 8.43. The quantitative estimate of drug-likeness (QED) is 0.896. The van der Waals surface area contributed by atoms with Crippen LogP contribution in [0, 0.1) is 0 Å². The van der Waals surface area contributed by atoms with E-state index in [0.29, 0.717) is 32.0 Å². The number of urea groups is 1. The molecule has 0 saturated carbocycles. The fourth-order valence-electron chi connectivity index (χ4n) is 4.05. The molecule has 1 aromatic rings. The van der Waals surface area contributed by atoms with Crippen LogP contribution in [-0.2, 0) is 11.2 Å². The number of nitrogens with zero attached hydrogens (tertiary/aromatic N) is 2. The number of carbonyl (C=O) groups excluding carboxylic acids is 2. The summed E-state index contributed by atoms with van der Waals surface area (Å²) < 4.78 is 0. The van der Waals surface area contributed by atoms with Crippen LogP contribution in [0.3, 0.4) is 0 Å². The fraction of sp³-hybridized carbons (Fsp3) is 0.529. The summed E-state index contributed by atoms with van der Waals surface area (Å²) in [5, 5.41) is 2.86. The van der Waals surface area contributed by atoms with Crippen LogP contribution in [0.25, 0.3) is 0 Å². The number of nitrogens with one attached hydrogen (secondary N) is 1.